The van der Waals surface area contributed by atoms with Crippen molar-refractivity contribution in [2.24, 2.45) is 0 Å². The number of hydrogen-bond acceptors (Lipinski definition) is 7. The lowest BCUT2D eigenvalue weighted by molar-refractivity contribution is -0.125. The zero-order valence-corrected chi connectivity index (χ0v) is 19.7. The standard InChI is InChI=1S/C18H22BrClN6O2S/c1-18(2)15(27)24-17(28)26(18)6-5-21-16-22-8-11(19)13(23-16)12-7-10(9-25(3)4)14(20)29-12/h7-8H,5-6,9H2,1-4H3,(H,21,22,23)(H,24,27,28). The fourth-order valence-electron chi connectivity index (χ4n) is 2.95. The molecule has 156 valence electrons. The molecule has 29 heavy (non-hydrogen) atoms. The van der Waals surface area contributed by atoms with E-state index < -0.39 is 5.54 Å². The Hall–Kier alpha value is -1.75. The minimum absolute atomic E-state index is 0.298. The summed E-state index contributed by atoms with van der Waals surface area (Å²) in [6.07, 6.45) is 1.68. The predicted molar refractivity (Wildman–Crippen MR) is 118 cm³/mol. The third kappa shape index (κ3) is 4.71. The van der Waals surface area contributed by atoms with Crippen molar-refractivity contribution >= 4 is 56.8 Å². The number of anilines is 1. The van der Waals surface area contributed by atoms with E-state index in [9.17, 15) is 9.59 Å². The molecule has 1 saturated heterocycles. The van der Waals surface area contributed by atoms with Gasteiger partial charge in [0.1, 0.15) is 11.2 Å². The number of carbonyl (C=O) groups is 2. The number of hydrogen-bond donors (Lipinski definition) is 2. The molecule has 3 rings (SSSR count). The van der Waals surface area contributed by atoms with Crippen molar-refractivity contribution in [3.05, 3.63) is 26.6 Å². The number of carbonyl (C=O) groups excluding carboxylic acids is 2. The molecule has 0 bridgehead atoms. The van der Waals surface area contributed by atoms with Gasteiger partial charge in [0.05, 0.1) is 13.7 Å². The molecule has 0 aliphatic carbocycles. The predicted octanol–water partition coefficient (Wildman–Crippen LogP) is 3.42. The smallest absolute Gasteiger partial charge is 0.325 e. The van der Waals surface area contributed by atoms with Gasteiger partial charge in [-0.3, -0.25) is 10.1 Å². The highest BCUT2D eigenvalue weighted by Gasteiger charge is 2.45. The zero-order valence-electron chi connectivity index (χ0n) is 16.5. The van der Waals surface area contributed by atoms with Gasteiger partial charge in [0.15, 0.2) is 0 Å². The quantitative estimate of drug-likeness (QED) is 0.565. The zero-order chi connectivity index (χ0) is 21.3. The Bertz CT molecular complexity index is 948. The number of halogens is 2. The van der Waals surface area contributed by atoms with Crippen molar-refractivity contribution in [2.45, 2.75) is 25.9 Å². The maximum atomic E-state index is 12.0. The third-order valence-corrected chi connectivity index (χ3v) is 6.56. The van der Waals surface area contributed by atoms with E-state index in [2.05, 4.69) is 41.4 Å². The van der Waals surface area contributed by atoms with Crippen molar-refractivity contribution in [2.75, 3.05) is 32.5 Å². The van der Waals surface area contributed by atoms with E-state index in [4.69, 9.17) is 11.6 Å². The number of imide groups is 1. The van der Waals surface area contributed by atoms with E-state index in [1.54, 1.807) is 20.0 Å². The number of nitrogens with one attached hydrogen (secondary N) is 2. The first-order chi connectivity index (χ1) is 13.6. The monoisotopic (exact) mass is 500 g/mol. The topological polar surface area (TPSA) is 90.5 Å². The van der Waals surface area contributed by atoms with E-state index in [1.165, 1.54) is 16.2 Å². The number of thiophene rings is 1. The van der Waals surface area contributed by atoms with Crippen molar-refractivity contribution in [1.82, 2.24) is 25.1 Å². The van der Waals surface area contributed by atoms with E-state index in [1.807, 2.05) is 20.2 Å². The molecule has 0 spiro atoms. The Morgan fingerprint density at radius 2 is 2.10 bits per heavy atom. The molecule has 0 radical (unpaired) electrons. The van der Waals surface area contributed by atoms with Crippen molar-refractivity contribution in [3.8, 4) is 10.6 Å². The van der Waals surface area contributed by atoms with E-state index in [0.717, 1.165) is 31.5 Å². The molecule has 3 heterocycles. The van der Waals surface area contributed by atoms with Gasteiger partial charge in [-0.1, -0.05) is 11.6 Å². The number of aromatic nitrogens is 2. The van der Waals surface area contributed by atoms with Crippen LogP contribution in [0.2, 0.25) is 4.34 Å². The minimum atomic E-state index is -0.874. The largest absolute Gasteiger partial charge is 0.352 e. The first-order valence-electron chi connectivity index (χ1n) is 8.92. The van der Waals surface area contributed by atoms with Gasteiger partial charge in [-0.15, -0.1) is 11.3 Å². The van der Waals surface area contributed by atoms with Crippen LogP contribution in [0, 0.1) is 0 Å². The second-order valence-corrected chi connectivity index (χ2v) is 9.94. The maximum absolute atomic E-state index is 12.0. The molecular weight excluding hydrogens is 480 g/mol. The first kappa shape index (κ1) is 21.9. The second-order valence-electron chi connectivity index (χ2n) is 7.43. The molecule has 1 aliphatic rings. The SMILES string of the molecule is CN(C)Cc1cc(-c2nc(NCCN3C(=O)NC(=O)C3(C)C)ncc2Br)sc1Cl. The Morgan fingerprint density at radius 1 is 1.38 bits per heavy atom. The fourth-order valence-corrected chi connectivity index (χ4v) is 4.75. The summed E-state index contributed by atoms with van der Waals surface area (Å²) in [5.74, 6) is 0.137. The molecule has 0 atom stereocenters. The average molecular weight is 502 g/mol. The Morgan fingerprint density at radius 3 is 2.72 bits per heavy atom. The molecular formula is C18H22BrClN6O2S. The second kappa shape index (κ2) is 8.55. The highest BCUT2D eigenvalue weighted by atomic mass is 79.9. The average Bonchev–Trinajstić information content (AvgIpc) is 3.07. The summed E-state index contributed by atoms with van der Waals surface area (Å²) in [4.78, 5) is 37.2. The number of rotatable bonds is 7. The molecule has 3 amide bonds. The van der Waals surface area contributed by atoms with Crippen LogP contribution in [0.15, 0.2) is 16.7 Å². The Kier molecular flexibility index (Phi) is 6.47. The summed E-state index contributed by atoms with van der Waals surface area (Å²) < 4.78 is 1.50. The lowest BCUT2D eigenvalue weighted by Crippen LogP contribution is -2.46. The normalized spacial score (nSPS) is 15.9. The van der Waals surface area contributed by atoms with Gasteiger partial charge >= 0.3 is 6.03 Å². The van der Waals surface area contributed by atoms with Crippen LogP contribution in [0.5, 0.6) is 0 Å². The Labute approximate surface area is 186 Å². The lowest BCUT2D eigenvalue weighted by atomic mass is 10.0. The van der Waals surface area contributed by atoms with Gasteiger partial charge in [-0.2, -0.15) is 0 Å². The van der Waals surface area contributed by atoms with Gasteiger partial charge in [-0.25, -0.2) is 14.8 Å². The van der Waals surface area contributed by atoms with Crippen LogP contribution >= 0.6 is 38.9 Å². The molecule has 2 N–H and O–H groups in total. The van der Waals surface area contributed by atoms with Gasteiger partial charge in [0, 0.05) is 25.8 Å². The molecule has 0 saturated carbocycles. The van der Waals surface area contributed by atoms with Gasteiger partial charge in [0.2, 0.25) is 5.95 Å². The first-order valence-corrected chi connectivity index (χ1v) is 10.9. The summed E-state index contributed by atoms with van der Waals surface area (Å²) in [5, 5.41) is 5.46. The summed E-state index contributed by atoms with van der Waals surface area (Å²) in [7, 11) is 3.98. The van der Waals surface area contributed by atoms with Crippen molar-refractivity contribution in [1.29, 1.82) is 0 Å². The Balaban J connectivity index is 1.71. The highest BCUT2D eigenvalue weighted by molar-refractivity contribution is 9.10. The number of nitrogens with zero attached hydrogens (tertiary/aromatic N) is 4. The van der Waals surface area contributed by atoms with Crippen molar-refractivity contribution < 1.29 is 9.59 Å². The lowest BCUT2D eigenvalue weighted by Gasteiger charge is -2.27. The molecule has 0 unspecified atom stereocenters. The summed E-state index contributed by atoms with van der Waals surface area (Å²) in [5.41, 5.74) is 0.915. The highest BCUT2D eigenvalue weighted by Crippen LogP contribution is 2.37. The van der Waals surface area contributed by atoms with Crippen LogP contribution in [-0.2, 0) is 11.3 Å². The minimum Gasteiger partial charge on any atom is -0.352 e. The van der Waals surface area contributed by atoms with Gasteiger partial charge in [0.25, 0.3) is 5.91 Å². The fraction of sp³-hybridized carbons (Fsp3) is 0.444. The van der Waals surface area contributed by atoms with Crippen LogP contribution in [0.3, 0.4) is 0 Å². The van der Waals surface area contributed by atoms with Crippen LogP contribution in [0.25, 0.3) is 10.6 Å². The third-order valence-electron chi connectivity index (χ3n) is 4.54. The van der Waals surface area contributed by atoms with Crippen LogP contribution in [0.1, 0.15) is 19.4 Å². The number of urea groups is 1. The molecule has 1 aliphatic heterocycles. The molecule has 2 aromatic heterocycles. The van der Waals surface area contributed by atoms with Crippen LogP contribution < -0.4 is 10.6 Å². The van der Waals surface area contributed by atoms with Crippen LogP contribution in [-0.4, -0.2) is 64.4 Å². The van der Waals surface area contributed by atoms with E-state index in [0.29, 0.717) is 19.0 Å². The van der Waals surface area contributed by atoms with Crippen molar-refractivity contribution in [3.63, 3.8) is 0 Å². The molecule has 0 aromatic carbocycles. The molecule has 2 aromatic rings. The number of amides is 3. The van der Waals surface area contributed by atoms with Gasteiger partial charge in [-0.05, 0) is 55.5 Å². The molecule has 8 nitrogen and oxygen atoms in total. The van der Waals surface area contributed by atoms with Crippen LogP contribution in [0.4, 0.5) is 10.7 Å². The van der Waals surface area contributed by atoms with E-state index >= 15 is 0 Å². The molecule has 1 fully saturated rings. The summed E-state index contributed by atoms with van der Waals surface area (Å²) in [6.45, 7) is 4.93. The maximum Gasteiger partial charge on any atom is 0.325 e. The summed E-state index contributed by atoms with van der Waals surface area (Å²) in [6, 6.07) is 1.65. The molecule has 11 heteroatoms. The van der Waals surface area contributed by atoms with E-state index in [-0.39, 0.29) is 11.9 Å². The van der Waals surface area contributed by atoms with Gasteiger partial charge < -0.3 is 15.1 Å². The summed E-state index contributed by atoms with van der Waals surface area (Å²) >= 11 is 11.4.